The van der Waals surface area contributed by atoms with Crippen LogP contribution in [0.2, 0.25) is 5.02 Å². The Labute approximate surface area is 178 Å². The van der Waals surface area contributed by atoms with Gasteiger partial charge in [-0.05, 0) is 30.7 Å². The standard InChI is InChI=1S/C23H19ClO6/c1-13-11-18-20(22(25)29-13)19(21(30-18)23(26)27-2)14-7-9-16(10-8-14)28-12-15-5-3-4-6-17(15)24/h3-11,19,21H,12H2,1-2H3/t19-,21+/m0/s1. The Kier molecular flexibility index (Phi) is 5.50. The van der Waals surface area contributed by atoms with Crippen molar-refractivity contribution < 1.29 is 23.4 Å². The number of hydrogen-bond donors (Lipinski definition) is 0. The van der Waals surface area contributed by atoms with E-state index >= 15 is 0 Å². The second kappa shape index (κ2) is 8.24. The minimum absolute atomic E-state index is 0.306. The number of halogens is 1. The van der Waals surface area contributed by atoms with Gasteiger partial charge in [0, 0.05) is 16.7 Å². The molecule has 4 rings (SSSR count). The molecule has 0 aliphatic carbocycles. The Bertz CT molecular complexity index is 1140. The Morgan fingerprint density at radius 1 is 1.13 bits per heavy atom. The summed E-state index contributed by atoms with van der Waals surface area (Å²) in [7, 11) is 1.28. The molecule has 0 bridgehead atoms. The molecule has 0 unspecified atom stereocenters. The summed E-state index contributed by atoms with van der Waals surface area (Å²) < 4.78 is 21.7. The van der Waals surface area contributed by atoms with Crippen LogP contribution in [0.1, 0.15) is 28.4 Å². The minimum Gasteiger partial charge on any atom is -0.489 e. The summed E-state index contributed by atoms with van der Waals surface area (Å²) in [5.74, 6) is 0.173. The van der Waals surface area contributed by atoms with Crippen molar-refractivity contribution in [2.45, 2.75) is 25.6 Å². The van der Waals surface area contributed by atoms with Gasteiger partial charge in [-0.25, -0.2) is 9.59 Å². The molecule has 0 fully saturated rings. The van der Waals surface area contributed by atoms with Crippen molar-refractivity contribution in [2.75, 3.05) is 7.11 Å². The van der Waals surface area contributed by atoms with E-state index in [-0.39, 0.29) is 0 Å². The smallest absolute Gasteiger partial charge is 0.348 e. The first-order chi connectivity index (χ1) is 14.5. The molecule has 154 valence electrons. The van der Waals surface area contributed by atoms with E-state index < -0.39 is 23.6 Å². The zero-order valence-electron chi connectivity index (χ0n) is 16.4. The highest BCUT2D eigenvalue weighted by atomic mass is 35.5. The quantitative estimate of drug-likeness (QED) is 0.568. The van der Waals surface area contributed by atoms with Crippen LogP contribution in [0.3, 0.4) is 0 Å². The molecule has 1 aliphatic rings. The number of ether oxygens (including phenoxy) is 3. The molecule has 3 aromatic rings. The first-order valence-corrected chi connectivity index (χ1v) is 9.71. The van der Waals surface area contributed by atoms with Gasteiger partial charge < -0.3 is 18.6 Å². The molecule has 0 amide bonds. The maximum atomic E-state index is 12.5. The fourth-order valence-electron chi connectivity index (χ4n) is 3.52. The van der Waals surface area contributed by atoms with Gasteiger partial charge in [0.05, 0.1) is 18.6 Å². The zero-order valence-corrected chi connectivity index (χ0v) is 17.1. The number of aryl methyl sites for hydroxylation is 1. The molecule has 30 heavy (non-hydrogen) atoms. The molecule has 6 nitrogen and oxygen atoms in total. The molecular formula is C23H19ClO6. The minimum atomic E-state index is -0.968. The number of hydrogen-bond acceptors (Lipinski definition) is 6. The lowest BCUT2D eigenvalue weighted by molar-refractivity contribution is -0.148. The third-order valence-electron chi connectivity index (χ3n) is 4.97. The van der Waals surface area contributed by atoms with Crippen LogP contribution in [0.15, 0.2) is 63.8 Å². The molecule has 0 spiro atoms. The summed E-state index contributed by atoms with van der Waals surface area (Å²) in [5.41, 5.74) is 1.37. The highest BCUT2D eigenvalue weighted by molar-refractivity contribution is 6.31. The van der Waals surface area contributed by atoms with Crippen LogP contribution in [0.4, 0.5) is 0 Å². The molecular weight excluding hydrogens is 408 g/mol. The Balaban J connectivity index is 1.61. The van der Waals surface area contributed by atoms with Crippen LogP contribution in [-0.2, 0) is 16.1 Å². The lowest BCUT2D eigenvalue weighted by Gasteiger charge is -2.17. The Morgan fingerprint density at radius 2 is 1.87 bits per heavy atom. The van der Waals surface area contributed by atoms with Crippen LogP contribution in [-0.4, -0.2) is 19.2 Å². The number of benzene rings is 2. The first kappa shape index (κ1) is 20.0. The van der Waals surface area contributed by atoms with Crippen molar-refractivity contribution >= 4 is 17.6 Å². The van der Waals surface area contributed by atoms with Gasteiger partial charge in [-0.2, -0.15) is 0 Å². The molecule has 2 aromatic carbocycles. The van der Waals surface area contributed by atoms with Crippen molar-refractivity contribution in [2.24, 2.45) is 0 Å². The zero-order chi connectivity index (χ0) is 21.3. The van der Waals surface area contributed by atoms with Crippen LogP contribution >= 0.6 is 11.6 Å². The predicted molar refractivity (Wildman–Crippen MR) is 110 cm³/mol. The van der Waals surface area contributed by atoms with E-state index in [4.69, 9.17) is 30.2 Å². The summed E-state index contributed by atoms with van der Waals surface area (Å²) in [6, 6.07) is 16.2. The Hall–Kier alpha value is -3.25. The van der Waals surface area contributed by atoms with Gasteiger partial charge in [-0.1, -0.05) is 41.9 Å². The van der Waals surface area contributed by atoms with Gasteiger partial charge in [0.25, 0.3) is 0 Å². The molecule has 2 atom stereocenters. The number of fused-ring (bicyclic) bond motifs is 1. The van der Waals surface area contributed by atoms with Crippen LogP contribution in [0.25, 0.3) is 0 Å². The van der Waals surface area contributed by atoms with Gasteiger partial charge in [-0.3, -0.25) is 0 Å². The third kappa shape index (κ3) is 3.78. The number of carbonyl (C=O) groups excluding carboxylic acids is 1. The van der Waals surface area contributed by atoms with E-state index in [0.29, 0.717) is 40.0 Å². The van der Waals surface area contributed by atoms with E-state index in [1.54, 1.807) is 43.3 Å². The maximum Gasteiger partial charge on any atom is 0.348 e. The van der Waals surface area contributed by atoms with E-state index in [1.807, 2.05) is 18.2 Å². The topological polar surface area (TPSA) is 75.0 Å². The van der Waals surface area contributed by atoms with Crippen molar-refractivity contribution in [1.29, 1.82) is 0 Å². The normalized spacial score (nSPS) is 17.2. The second-order valence-electron chi connectivity index (χ2n) is 6.91. The van der Waals surface area contributed by atoms with Gasteiger partial charge in [0.1, 0.15) is 23.9 Å². The molecule has 0 N–H and O–H groups in total. The van der Waals surface area contributed by atoms with E-state index in [2.05, 4.69) is 0 Å². The van der Waals surface area contributed by atoms with Crippen molar-refractivity contribution in [3.8, 4) is 11.5 Å². The maximum absolute atomic E-state index is 12.5. The number of methoxy groups -OCH3 is 1. The van der Waals surface area contributed by atoms with Gasteiger partial charge in [0.2, 0.25) is 6.10 Å². The second-order valence-corrected chi connectivity index (χ2v) is 7.32. The predicted octanol–water partition coefficient (Wildman–Crippen LogP) is 4.25. The SMILES string of the molecule is COC(=O)[C@@H]1Oc2cc(C)oc(=O)c2[C@@H]1c1ccc(OCc2ccccc2Cl)cc1. The highest BCUT2D eigenvalue weighted by Gasteiger charge is 2.44. The molecule has 2 heterocycles. The molecule has 0 radical (unpaired) electrons. The van der Waals surface area contributed by atoms with Crippen molar-refractivity contribution in [3.63, 3.8) is 0 Å². The molecule has 0 saturated carbocycles. The molecule has 1 aliphatic heterocycles. The van der Waals surface area contributed by atoms with Gasteiger partial charge in [0.15, 0.2) is 0 Å². The average molecular weight is 427 g/mol. The van der Waals surface area contributed by atoms with E-state index in [9.17, 15) is 9.59 Å². The van der Waals surface area contributed by atoms with E-state index in [1.165, 1.54) is 7.11 Å². The average Bonchev–Trinajstić information content (AvgIpc) is 3.12. The highest BCUT2D eigenvalue weighted by Crippen LogP contribution is 2.41. The van der Waals surface area contributed by atoms with Gasteiger partial charge >= 0.3 is 11.6 Å². The molecule has 1 aromatic heterocycles. The molecule has 7 heteroatoms. The summed E-state index contributed by atoms with van der Waals surface area (Å²) in [4.78, 5) is 24.8. The third-order valence-corrected chi connectivity index (χ3v) is 5.33. The number of rotatable bonds is 5. The first-order valence-electron chi connectivity index (χ1n) is 9.33. The van der Waals surface area contributed by atoms with Crippen molar-refractivity contribution in [3.05, 3.63) is 92.5 Å². The fourth-order valence-corrected chi connectivity index (χ4v) is 3.71. The van der Waals surface area contributed by atoms with Crippen LogP contribution < -0.4 is 15.1 Å². The van der Waals surface area contributed by atoms with Gasteiger partial charge in [-0.15, -0.1) is 0 Å². The largest absolute Gasteiger partial charge is 0.489 e. The molecule has 0 saturated heterocycles. The van der Waals surface area contributed by atoms with E-state index in [0.717, 1.165) is 5.56 Å². The monoisotopic (exact) mass is 426 g/mol. The van der Waals surface area contributed by atoms with Crippen molar-refractivity contribution in [1.82, 2.24) is 0 Å². The summed E-state index contributed by atoms with van der Waals surface area (Å²) >= 11 is 6.16. The lowest BCUT2D eigenvalue weighted by Crippen LogP contribution is -2.31. The summed E-state index contributed by atoms with van der Waals surface area (Å²) in [6.45, 7) is 1.97. The Morgan fingerprint density at radius 3 is 2.57 bits per heavy atom. The number of esters is 1. The van der Waals surface area contributed by atoms with Crippen LogP contribution in [0, 0.1) is 6.92 Å². The summed E-state index contributed by atoms with van der Waals surface area (Å²) in [5, 5.41) is 0.636. The number of carbonyl (C=O) groups is 1. The fraction of sp³-hybridized carbons (Fsp3) is 0.217. The van der Waals surface area contributed by atoms with Crippen LogP contribution in [0.5, 0.6) is 11.5 Å². The summed E-state index contributed by atoms with van der Waals surface area (Å²) in [6.07, 6.45) is -0.968. The lowest BCUT2D eigenvalue weighted by atomic mass is 9.89.